The summed E-state index contributed by atoms with van der Waals surface area (Å²) in [6.45, 7) is 0.235. The lowest BCUT2D eigenvalue weighted by molar-refractivity contribution is -0.274. The lowest BCUT2D eigenvalue weighted by atomic mass is 10.2. The summed E-state index contributed by atoms with van der Waals surface area (Å²) in [4.78, 5) is 26.4. The summed E-state index contributed by atoms with van der Waals surface area (Å²) in [5.74, 6) is -1.56. The second kappa shape index (κ2) is 7.00. The van der Waals surface area contributed by atoms with Crippen molar-refractivity contribution in [3.8, 4) is 5.75 Å². The zero-order valence-electron chi connectivity index (χ0n) is 14.2. The third kappa shape index (κ3) is 3.84. The van der Waals surface area contributed by atoms with E-state index in [1.165, 1.54) is 29.0 Å². The minimum Gasteiger partial charge on any atom is -0.404 e. The van der Waals surface area contributed by atoms with Gasteiger partial charge in [0.1, 0.15) is 16.1 Å². The Hall–Kier alpha value is -1.09. The van der Waals surface area contributed by atoms with Crippen LogP contribution in [0, 0.1) is 0 Å². The highest BCUT2D eigenvalue weighted by atomic mass is 35.5. The molecule has 1 saturated heterocycles. The molecule has 2 amide bonds. The molecule has 1 aliphatic carbocycles. The van der Waals surface area contributed by atoms with Crippen LogP contribution in [-0.2, 0) is 9.59 Å². The number of hydrogen-bond donors (Lipinski definition) is 0. The summed E-state index contributed by atoms with van der Waals surface area (Å²) in [5, 5.41) is -0.303. The average molecular weight is 480 g/mol. The van der Waals surface area contributed by atoms with Gasteiger partial charge in [0.25, 0.3) is 0 Å². The van der Waals surface area contributed by atoms with Crippen LogP contribution in [-0.4, -0.2) is 51.9 Å². The molecular weight excluding hydrogens is 467 g/mol. The van der Waals surface area contributed by atoms with Crippen molar-refractivity contribution in [1.29, 1.82) is 0 Å². The molecule has 28 heavy (non-hydrogen) atoms. The quantitative estimate of drug-likeness (QED) is 0.603. The van der Waals surface area contributed by atoms with Crippen LogP contribution in [0.4, 0.5) is 18.9 Å². The molecule has 1 aliphatic heterocycles. The van der Waals surface area contributed by atoms with E-state index < -0.39 is 39.2 Å². The molecule has 2 aliphatic rings. The zero-order chi connectivity index (χ0) is 21.1. The molecule has 0 radical (unpaired) electrons. The Morgan fingerprint density at radius 1 is 1.32 bits per heavy atom. The van der Waals surface area contributed by atoms with Crippen molar-refractivity contribution in [3.05, 3.63) is 23.2 Å². The van der Waals surface area contributed by atoms with Crippen molar-refractivity contribution >= 4 is 63.9 Å². The summed E-state index contributed by atoms with van der Waals surface area (Å²) < 4.78 is 39.5. The lowest BCUT2D eigenvalue weighted by Crippen LogP contribution is -2.47. The Kier molecular flexibility index (Phi) is 5.41. The van der Waals surface area contributed by atoms with E-state index in [1.54, 1.807) is 0 Å². The standard InChI is InChI=1S/C16H13Cl4F3N2O3/c1-24(13(27)14(18)7-15(14,19)20)10-4-5-25(12(10)26)8-2-3-11(9(17)6-8)28-16(21,22)23/h2-3,6,10H,4-5,7H2,1H3. The van der Waals surface area contributed by atoms with Crippen LogP contribution in [0.2, 0.25) is 5.02 Å². The average Bonchev–Trinajstić information content (AvgIpc) is 2.89. The fourth-order valence-corrected chi connectivity index (χ4v) is 4.31. The van der Waals surface area contributed by atoms with Gasteiger partial charge in [-0.1, -0.05) is 34.8 Å². The highest BCUT2D eigenvalue weighted by molar-refractivity contribution is 6.62. The first-order valence-electron chi connectivity index (χ1n) is 7.97. The number of ether oxygens (including phenoxy) is 1. The first kappa shape index (κ1) is 21.6. The summed E-state index contributed by atoms with van der Waals surface area (Å²) in [6, 6.07) is 2.69. The van der Waals surface area contributed by atoms with E-state index in [1.807, 2.05) is 0 Å². The number of anilines is 1. The van der Waals surface area contributed by atoms with E-state index in [-0.39, 0.29) is 23.7 Å². The third-order valence-electron chi connectivity index (χ3n) is 4.68. The number of rotatable bonds is 4. The molecular formula is C16H13Cl4F3N2O3. The Balaban J connectivity index is 1.74. The van der Waals surface area contributed by atoms with Gasteiger partial charge in [-0.05, 0) is 24.6 Å². The number of likely N-dealkylation sites (N-methyl/N-ethyl adjacent to an activating group) is 1. The van der Waals surface area contributed by atoms with Crippen LogP contribution in [0.1, 0.15) is 12.8 Å². The topological polar surface area (TPSA) is 49.9 Å². The highest BCUT2D eigenvalue weighted by Crippen LogP contribution is 2.62. The van der Waals surface area contributed by atoms with Gasteiger partial charge in [0.15, 0.2) is 4.87 Å². The predicted octanol–water partition coefficient (Wildman–Crippen LogP) is 4.36. The van der Waals surface area contributed by atoms with Gasteiger partial charge in [0.2, 0.25) is 11.8 Å². The number of nitrogens with zero attached hydrogens (tertiary/aromatic N) is 2. The van der Waals surface area contributed by atoms with Crippen LogP contribution < -0.4 is 9.64 Å². The van der Waals surface area contributed by atoms with Crippen LogP contribution in [0.25, 0.3) is 0 Å². The summed E-state index contributed by atoms with van der Waals surface area (Å²) >= 11 is 23.8. The van der Waals surface area contributed by atoms with E-state index in [0.717, 1.165) is 6.07 Å². The molecule has 2 unspecified atom stereocenters. The maximum atomic E-state index is 12.8. The van der Waals surface area contributed by atoms with Crippen molar-refractivity contribution in [2.24, 2.45) is 0 Å². The van der Waals surface area contributed by atoms with Crippen molar-refractivity contribution in [1.82, 2.24) is 4.90 Å². The fraction of sp³-hybridized carbons (Fsp3) is 0.500. The van der Waals surface area contributed by atoms with Crippen LogP contribution in [0.5, 0.6) is 5.75 Å². The van der Waals surface area contributed by atoms with Crippen molar-refractivity contribution in [2.45, 2.75) is 34.5 Å². The summed E-state index contributed by atoms with van der Waals surface area (Å²) in [5.41, 5.74) is 0.281. The molecule has 0 aromatic heterocycles. The molecule has 0 bridgehead atoms. The van der Waals surface area contributed by atoms with Crippen LogP contribution in [0.3, 0.4) is 0 Å². The molecule has 1 aromatic rings. The summed E-state index contributed by atoms with van der Waals surface area (Å²) in [7, 11) is 1.42. The Bertz CT molecular complexity index is 836. The second-order valence-electron chi connectivity index (χ2n) is 6.56. The Morgan fingerprint density at radius 2 is 1.93 bits per heavy atom. The van der Waals surface area contributed by atoms with Gasteiger partial charge in [0.05, 0.1) is 5.02 Å². The van der Waals surface area contributed by atoms with Gasteiger partial charge in [-0.2, -0.15) is 0 Å². The minimum atomic E-state index is -4.89. The van der Waals surface area contributed by atoms with E-state index in [4.69, 9.17) is 46.4 Å². The smallest absolute Gasteiger partial charge is 0.404 e. The molecule has 5 nitrogen and oxygen atoms in total. The number of carbonyl (C=O) groups is 2. The number of alkyl halides is 6. The summed E-state index contributed by atoms with van der Waals surface area (Å²) in [6.07, 6.45) is -4.53. The molecule has 0 N–H and O–H groups in total. The molecule has 1 saturated carbocycles. The molecule has 1 aromatic carbocycles. The first-order chi connectivity index (χ1) is 12.8. The van der Waals surface area contributed by atoms with Gasteiger partial charge >= 0.3 is 6.36 Å². The van der Waals surface area contributed by atoms with E-state index >= 15 is 0 Å². The van der Waals surface area contributed by atoms with E-state index in [9.17, 15) is 22.8 Å². The normalized spacial score (nSPS) is 26.4. The highest BCUT2D eigenvalue weighted by Gasteiger charge is 2.72. The molecule has 12 heteroatoms. The Morgan fingerprint density at radius 3 is 2.43 bits per heavy atom. The van der Waals surface area contributed by atoms with Gasteiger partial charge in [-0.15, -0.1) is 24.8 Å². The molecule has 2 fully saturated rings. The third-order valence-corrected chi connectivity index (χ3v) is 6.70. The predicted molar refractivity (Wildman–Crippen MR) is 99.3 cm³/mol. The van der Waals surface area contributed by atoms with Crippen LogP contribution in [0.15, 0.2) is 18.2 Å². The number of benzene rings is 1. The van der Waals surface area contributed by atoms with Gasteiger partial charge in [-0.3, -0.25) is 9.59 Å². The van der Waals surface area contributed by atoms with E-state index in [2.05, 4.69) is 4.74 Å². The van der Waals surface area contributed by atoms with Crippen LogP contribution >= 0.6 is 46.4 Å². The monoisotopic (exact) mass is 478 g/mol. The fourth-order valence-electron chi connectivity index (χ4n) is 3.06. The molecule has 154 valence electrons. The molecule has 2 atom stereocenters. The van der Waals surface area contributed by atoms with Crippen molar-refractivity contribution in [2.75, 3.05) is 18.5 Å². The molecule has 3 rings (SSSR count). The maximum Gasteiger partial charge on any atom is 0.573 e. The van der Waals surface area contributed by atoms with Crippen molar-refractivity contribution < 1.29 is 27.5 Å². The second-order valence-corrected chi connectivity index (χ2v) is 9.09. The van der Waals surface area contributed by atoms with Gasteiger partial charge < -0.3 is 14.5 Å². The molecule has 1 heterocycles. The maximum absolute atomic E-state index is 12.8. The number of amides is 2. The minimum absolute atomic E-state index is 0.0642. The Labute approximate surface area is 178 Å². The first-order valence-corrected chi connectivity index (χ1v) is 9.49. The SMILES string of the molecule is CN(C(=O)C1(Cl)CC1(Cl)Cl)C1CCN(c2ccc(OC(F)(F)F)c(Cl)c2)C1=O. The zero-order valence-corrected chi connectivity index (χ0v) is 17.2. The van der Waals surface area contributed by atoms with Gasteiger partial charge in [0, 0.05) is 25.7 Å². The number of carbonyl (C=O) groups excluding carboxylic acids is 2. The van der Waals surface area contributed by atoms with E-state index in [0.29, 0.717) is 6.42 Å². The lowest BCUT2D eigenvalue weighted by Gasteiger charge is -2.26. The number of hydrogen-bond acceptors (Lipinski definition) is 3. The van der Waals surface area contributed by atoms with Gasteiger partial charge in [-0.25, -0.2) is 0 Å². The number of halogens is 7. The van der Waals surface area contributed by atoms with Crippen molar-refractivity contribution in [3.63, 3.8) is 0 Å². The largest absolute Gasteiger partial charge is 0.573 e. The molecule has 0 spiro atoms.